The van der Waals surface area contributed by atoms with Crippen molar-refractivity contribution in [3.05, 3.63) is 18.0 Å². The van der Waals surface area contributed by atoms with Crippen molar-refractivity contribution in [2.24, 2.45) is 13.0 Å². The van der Waals surface area contributed by atoms with Crippen molar-refractivity contribution in [1.29, 1.82) is 0 Å². The average molecular weight is 333 g/mol. The molecular weight excluding hydrogens is 306 g/mol. The molecule has 0 aromatic carbocycles. The average Bonchev–Trinajstić information content (AvgIpc) is 3.27. The number of hydrogen-bond acceptors (Lipinski definition) is 4. The minimum atomic E-state index is -0.296. The molecule has 3 rings (SSSR count). The Kier molecular flexibility index (Phi) is 5.21. The molecule has 0 N–H and O–H groups in total. The Bertz CT molecular complexity index is 592. The first kappa shape index (κ1) is 17.0. The highest BCUT2D eigenvalue weighted by Gasteiger charge is 2.47. The normalized spacial score (nSPS) is 23.8. The Morgan fingerprint density at radius 3 is 2.71 bits per heavy atom. The predicted octanol–water partition coefficient (Wildman–Crippen LogP) is 2.25. The number of aromatic nitrogens is 2. The quantitative estimate of drug-likeness (QED) is 0.749. The van der Waals surface area contributed by atoms with Gasteiger partial charge in [-0.15, -0.1) is 0 Å². The van der Waals surface area contributed by atoms with Crippen molar-refractivity contribution < 1.29 is 14.3 Å². The van der Waals surface area contributed by atoms with Crippen molar-refractivity contribution in [3.8, 4) is 0 Å². The smallest absolute Gasteiger partial charge is 0.325 e. The first-order chi connectivity index (χ1) is 11.6. The van der Waals surface area contributed by atoms with E-state index in [0.717, 1.165) is 37.7 Å². The number of rotatable bonds is 6. The molecule has 1 heterocycles. The summed E-state index contributed by atoms with van der Waals surface area (Å²) in [5.41, 5.74) is 1.12. The molecule has 2 atom stereocenters. The van der Waals surface area contributed by atoms with Crippen LogP contribution < -0.4 is 0 Å². The SMILES string of the molecule is CCOC(=O)CN(C(=O)[C@H]1C[C@@H]1c1cnn(C)c1)C1CCCCC1. The van der Waals surface area contributed by atoms with Crippen LogP contribution in [0, 0.1) is 5.92 Å². The number of carbonyl (C=O) groups is 2. The zero-order valence-corrected chi connectivity index (χ0v) is 14.6. The minimum Gasteiger partial charge on any atom is -0.465 e. The summed E-state index contributed by atoms with van der Waals surface area (Å²) < 4.78 is 6.85. The van der Waals surface area contributed by atoms with Crippen molar-refractivity contribution >= 4 is 11.9 Å². The fraction of sp³-hybridized carbons (Fsp3) is 0.722. The highest BCUT2D eigenvalue weighted by molar-refractivity contribution is 5.86. The first-order valence-electron chi connectivity index (χ1n) is 9.04. The van der Waals surface area contributed by atoms with Crippen LogP contribution in [0.1, 0.15) is 56.9 Å². The van der Waals surface area contributed by atoms with Crippen molar-refractivity contribution in [3.63, 3.8) is 0 Å². The van der Waals surface area contributed by atoms with Gasteiger partial charge in [-0.25, -0.2) is 0 Å². The third-order valence-electron chi connectivity index (χ3n) is 5.16. The summed E-state index contributed by atoms with van der Waals surface area (Å²) in [5, 5.41) is 4.20. The maximum Gasteiger partial charge on any atom is 0.325 e. The lowest BCUT2D eigenvalue weighted by Crippen LogP contribution is -2.45. The molecule has 2 aliphatic rings. The molecular formula is C18H27N3O3. The van der Waals surface area contributed by atoms with E-state index in [1.807, 2.05) is 19.4 Å². The van der Waals surface area contributed by atoms with Gasteiger partial charge in [0.05, 0.1) is 12.8 Å². The largest absolute Gasteiger partial charge is 0.465 e. The molecule has 0 radical (unpaired) electrons. The summed E-state index contributed by atoms with van der Waals surface area (Å²) in [6, 6.07) is 0.186. The van der Waals surface area contributed by atoms with Crippen LogP contribution in [-0.4, -0.2) is 45.8 Å². The molecule has 2 fully saturated rings. The van der Waals surface area contributed by atoms with E-state index in [-0.39, 0.29) is 36.3 Å². The molecule has 0 spiro atoms. The minimum absolute atomic E-state index is 0.00875. The van der Waals surface area contributed by atoms with Gasteiger partial charge in [-0.1, -0.05) is 19.3 Å². The molecule has 2 aliphatic carbocycles. The summed E-state index contributed by atoms with van der Waals surface area (Å²) in [6.45, 7) is 2.24. The first-order valence-corrected chi connectivity index (χ1v) is 9.04. The van der Waals surface area contributed by atoms with E-state index < -0.39 is 0 Å². The second-order valence-electron chi connectivity index (χ2n) is 6.96. The highest BCUT2D eigenvalue weighted by Crippen LogP contribution is 2.48. The molecule has 1 aromatic rings. The van der Waals surface area contributed by atoms with E-state index in [4.69, 9.17) is 4.74 Å². The lowest BCUT2D eigenvalue weighted by molar-refractivity contribution is -0.151. The van der Waals surface area contributed by atoms with Gasteiger partial charge in [0, 0.05) is 25.2 Å². The number of hydrogen-bond donors (Lipinski definition) is 0. The Labute approximate surface area is 143 Å². The van der Waals surface area contributed by atoms with E-state index in [2.05, 4.69) is 5.10 Å². The van der Waals surface area contributed by atoms with Crippen LogP contribution in [-0.2, 0) is 21.4 Å². The zero-order chi connectivity index (χ0) is 17.1. The molecule has 132 valence electrons. The van der Waals surface area contributed by atoms with E-state index in [1.165, 1.54) is 6.42 Å². The monoisotopic (exact) mass is 333 g/mol. The third kappa shape index (κ3) is 3.79. The third-order valence-corrected chi connectivity index (χ3v) is 5.16. The number of carbonyl (C=O) groups excluding carboxylic acids is 2. The molecule has 6 nitrogen and oxygen atoms in total. The van der Waals surface area contributed by atoms with Gasteiger partial charge < -0.3 is 9.64 Å². The number of ether oxygens (including phenoxy) is 1. The summed E-state index contributed by atoms with van der Waals surface area (Å²) in [4.78, 5) is 26.8. The number of amides is 1. The fourth-order valence-electron chi connectivity index (χ4n) is 3.81. The van der Waals surface area contributed by atoms with E-state index >= 15 is 0 Å². The van der Waals surface area contributed by atoms with Crippen LogP contribution in [0.15, 0.2) is 12.4 Å². The molecule has 0 aliphatic heterocycles. The summed E-state index contributed by atoms with van der Waals surface area (Å²) in [7, 11) is 1.89. The van der Waals surface area contributed by atoms with Gasteiger partial charge in [0.25, 0.3) is 0 Å². The molecule has 6 heteroatoms. The van der Waals surface area contributed by atoms with E-state index in [0.29, 0.717) is 6.61 Å². The fourth-order valence-corrected chi connectivity index (χ4v) is 3.81. The van der Waals surface area contributed by atoms with Gasteiger partial charge in [-0.2, -0.15) is 5.10 Å². The van der Waals surface area contributed by atoms with Crippen LogP contribution in [0.25, 0.3) is 0 Å². The predicted molar refractivity (Wildman–Crippen MR) is 89.3 cm³/mol. The van der Waals surface area contributed by atoms with Crippen molar-refractivity contribution in [2.45, 2.75) is 57.4 Å². The van der Waals surface area contributed by atoms with Crippen LogP contribution in [0.2, 0.25) is 0 Å². The second kappa shape index (κ2) is 7.36. The maximum absolute atomic E-state index is 13.0. The van der Waals surface area contributed by atoms with Crippen LogP contribution in [0.3, 0.4) is 0 Å². The molecule has 1 aromatic heterocycles. The van der Waals surface area contributed by atoms with Gasteiger partial charge in [0.2, 0.25) is 5.91 Å². The maximum atomic E-state index is 13.0. The molecule has 1 amide bonds. The Hall–Kier alpha value is -1.85. The Morgan fingerprint density at radius 1 is 1.33 bits per heavy atom. The van der Waals surface area contributed by atoms with Crippen molar-refractivity contribution in [1.82, 2.24) is 14.7 Å². The zero-order valence-electron chi connectivity index (χ0n) is 14.6. The molecule has 0 bridgehead atoms. The van der Waals surface area contributed by atoms with Gasteiger partial charge in [0.1, 0.15) is 6.54 Å². The summed E-state index contributed by atoms with van der Waals surface area (Å²) >= 11 is 0. The Morgan fingerprint density at radius 2 is 2.08 bits per heavy atom. The summed E-state index contributed by atoms with van der Waals surface area (Å²) in [6.07, 6.45) is 10.2. The van der Waals surface area contributed by atoms with E-state index in [9.17, 15) is 9.59 Å². The van der Waals surface area contributed by atoms with Crippen LogP contribution in [0.4, 0.5) is 0 Å². The van der Waals surface area contributed by atoms with Crippen molar-refractivity contribution in [2.75, 3.05) is 13.2 Å². The number of esters is 1. The summed E-state index contributed by atoms with van der Waals surface area (Å²) in [5.74, 6) is 0.0591. The molecule has 0 unspecified atom stereocenters. The van der Waals surface area contributed by atoms with Crippen LogP contribution >= 0.6 is 0 Å². The number of aryl methyl sites for hydroxylation is 1. The topological polar surface area (TPSA) is 64.4 Å². The van der Waals surface area contributed by atoms with Crippen LogP contribution in [0.5, 0.6) is 0 Å². The van der Waals surface area contributed by atoms with Gasteiger partial charge >= 0.3 is 5.97 Å². The molecule has 0 saturated heterocycles. The molecule has 2 saturated carbocycles. The standard InChI is InChI=1S/C18H27N3O3/c1-3-24-17(22)12-21(14-7-5-4-6-8-14)18(23)16-9-15(16)13-10-19-20(2)11-13/h10-11,14-16H,3-9,12H2,1-2H3/t15-,16+/m1/s1. The highest BCUT2D eigenvalue weighted by atomic mass is 16.5. The second-order valence-corrected chi connectivity index (χ2v) is 6.96. The molecule has 24 heavy (non-hydrogen) atoms. The lowest BCUT2D eigenvalue weighted by atomic mass is 9.93. The van der Waals surface area contributed by atoms with Gasteiger partial charge in [0.15, 0.2) is 0 Å². The Balaban J connectivity index is 1.67. The van der Waals surface area contributed by atoms with Gasteiger partial charge in [-0.3, -0.25) is 14.3 Å². The lowest BCUT2D eigenvalue weighted by Gasteiger charge is -2.34. The number of nitrogens with zero attached hydrogens (tertiary/aromatic N) is 3. The van der Waals surface area contributed by atoms with E-state index in [1.54, 1.807) is 16.5 Å². The van der Waals surface area contributed by atoms with Gasteiger partial charge in [-0.05, 0) is 37.7 Å².